The first kappa shape index (κ1) is 35.5. The largest absolute Gasteiger partial charge is 0.455 e. The molecule has 1 atom stereocenters. The van der Waals surface area contributed by atoms with Crippen molar-refractivity contribution in [2.45, 2.75) is 180 Å². The number of carbonyl (C=O) groups excluding carboxylic acids is 1. The van der Waals surface area contributed by atoms with Crippen molar-refractivity contribution in [1.82, 2.24) is 0 Å². The minimum atomic E-state index is -0.0939. The van der Waals surface area contributed by atoms with Crippen LogP contribution in [0.1, 0.15) is 174 Å². The Morgan fingerprint density at radius 2 is 0.897 bits per heavy atom. The van der Waals surface area contributed by atoms with Crippen molar-refractivity contribution in [1.29, 1.82) is 0 Å². The molecule has 1 aliphatic rings. The van der Waals surface area contributed by atoms with E-state index in [1.54, 1.807) is 0 Å². The van der Waals surface area contributed by atoms with Crippen molar-refractivity contribution in [2.24, 2.45) is 0 Å². The minimum Gasteiger partial charge on any atom is -0.455 e. The van der Waals surface area contributed by atoms with Crippen molar-refractivity contribution in [3.63, 3.8) is 0 Å². The van der Waals surface area contributed by atoms with Gasteiger partial charge < -0.3 is 4.74 Å². The third-order valence-electron chi connectivity index (χ3n) is 7.78. The third-order valence-corrected chi connectivity index (χ3v) is 7.78. The SMILES string of the molecule is CCCCCCCCCC/C=C\CC/C=C/CC/C=C/CCCCCCCCCCCCC1=CC(C)OC1=O. The van der Waals surface area contributed by atoms with E-state index in [1.165, 1.54) is 148 Å². The van der Waals surface area contributed by atoms with Crippen LogP contribution in [0.4, 0.5) is 0 Å². The van der Waals surface area contributed by atoms with Gasteiger partial charge in [-0.15, -0.1) is 0 Å². The molecule has 0 aromatic heterocycles. The van der Waals surface area contributed by atoms with E-state index in [4.69, 9.17) is 4.74 Å². The molecule has 1 unspecified atom stereocenters. The molecule has 0 N–H and O–H groups in total. The fourth-order valence-corrected chi connectivity index (χ4v) is 5.30. The van der Waals surface area contributed by atoms with E-state index < -0.39 is 0 Å². The van der Waals surface area contributed by atoms with Crippen molar-refractivity contribution in [2.75, 3.05) is 0 Å². The van der Waals surface area contributed by atoms with Gasteiger partial charge in [0.05, 0.1) is 0 Å². The summed E-state index contributed by atoms with van der Waals surface area (Å²) < 4.78 is 5.15. The van der Waals surface area contributed by atoms with Gasteiger partial charge in [-0.25, -0.2) is 4.79 Å². The summed E-state index contributed by atoms with van der Waals surface area (Å²) in [5.41, 5.74) is 0.896. The molecule has 0 fully saturated rings. The summed E-state index contributed by atoms with van der Waals surface area (Å²) in [7, 11) is 0. The molecule has 0 aromatic carbocycles. The molecule has 1 heterocycles. The first-order chi connectivity index (χ1) is 19.2. The summed E-state index contributed by atoms with van der Waals surface area (Å²) in [6.45, 7) is 4.22. The molecule has 0 spiro atoms. The Kier molecular flexibility index (Phi) is 25.4. The standard InChI is InChI=1S/C37H64O2/c1-3-4-5-6-7-8-9-10-11-12-13-14-15-16-17-18-19-20-21-22-23-24-25-26-27-28-29-30-31-32-33-36-34-35(2)39-37(36)38/h12-13,16-17,20-21,34-35H,3-11,14-15,18-19,22-33H2,1-2H3/b13-12-,17-16+,21-20+. The Hall–Kier alpha value is -1.57. The van der Waals surface area contributed by atoms with Gasteiger partial charge in [0, 0.05) is 5.57 Å². The Morgan fingerprint density at radius 1 is 0.538 bits per heavy atom. The number of cyclic esters (lactones) is 1. The molecule has 0 aliphatic carbocycles. The lowest BCUT2D eigenvalue weighted by atomic mass is 10.0. The molecule has 1 rings (SSSR count). The zero-order valence-electron chi connectivity index (χ0n) is 26.1. The molecule has 2 nitrogen and oxygen atoms in total. The predicted octanol–water partition coefficient (Wildman–Crippen LogP) is 12.3. The van der Waals surface area contributed by atoms with E-state index in [9.17, 15) is 4.79 Å². The number of unbranched alkanes of at least 4 members (excludes halogenated alkanes) is 20. The van der Waals surface area contributed by atoms with Crippen LogP contribution < -0.4 is 0 Å². The average molecular weight is 541 g/mol. The molecule has 0 saturated heterocycles. The minimum absolute atomic E-state index is 0.0207. The Morgan fingerprint density at radius 3 is 1.28 bits per heavy atom. The number of esters is 1. The lowest BCUT2D eigenvalue weighted by molar-refractivity contribution is -0.139. The second kappa shape index (κ2) is 28.0. The van der Waals surface area contributed by atoms with Gasteiger partial charge >= 0.3 is 5.97 Å². The van der Waals surface area contributed by atoms with Gasteiger partial charge in [-0.1, -0.05) is 140 Å². The summed E-state index contributed by atoms with van der Waals surface area (Å²) in [6.07, 6.45) is 48.9. The quantitative estimate of drug-likeness (QED) is 0.0560. The van der Waals surface area contributed by atoms with Gasteiger partial charge in [0.1, 0.15) is 6.10 Å². The highest BCUT2D eigenvalue weighted by atomic mass is 16.5. The van der Waals surface area contributed by atoms with E-state index in [1.807, 2.05) is 13.0 Å². The number of allylic oxidation sites excluding steroid dienone is 6. The van der Waals surface area contributed by atoms with Crippen LogP contribution in [0.15, 0.2) is 48.1 Å². The van der Waals surface area contributed by atoms with Crippen LogP contribution in [-0.2, 0) is 9.53 Å². The van der Waals surface area contributed by atoms with E-state index in [0.29, 0.717) is 0 Å². The van der Waals surface area contributed by atoms with Gasteiger partial charge in [0.15, 0.2) is 0 Å². The topological polar surface area (TPSA) is 26.3 Å². The fourth-order valence-electron chi connectivity index (χ4n) is 5.30. The van der Waals surface area contributed by atoms with Crippen molar-refractivity contribution in [3.8, 4) is 0 Å². The van der Waals surface area contributed by atoms with Gasteiger partial charge in [0.2, 0.25) is 0 Å². The maximum Gasteiger partial charge on any atom is 0.334 e. The van der Waals surface area contributed by atoms with E-state index in [-0.39, 0.29) is 12.1 Å². The van der Waals surface area contributed by atoms with Crippen LogP contribution in [-0.4, -0.2) is 12.1 Å². The van der Waals surface area contributed by atoms with Crippen LogP contribution in [0, 0.1) is 0 Å². The van der Waals surface area contributed by atoms with Crippen molar-refractivity contribution >= 4 is 5.97 Å². The number of hydrogen-bond acceptors (Lipinski definition) is 2. The Labute approximate surface area is 243 Å². The van der Waals surface area contributed by atoms with E-state index in [0.717, 1.165) is 18.4 Å². The number of carbonyl (C=O) groups is 1. The first-order valence-corrected chi connectivity index (χ1v) is 17.1. The second-order valence-corrected chi connectivity index (χ2v) is 11.7. The second-order valence-electron chi connectivity index (χ2n) is 11.7. The Bertz CT molecular complexity index is 669. The summed E-state index contributed by atoms with van der Waals surface area (Å²) >= 11 is 0. The number of rotatable bonds is 28. The molecule has 0 saturated carbocycles. The summed E-state index contributed by atoms with van der Waals surface area (Å²) in [4.78, 5) is 11.6. The fraction of sp³-hybridized carbons (Fsp3) is 0.757. The number of hydrogen-bond donors (Lipinski definition) is 0. The maximum atomic E-state index is 11.6. The highest BCUT2D eigenvalue weighted by Gasteiger charge is 2.21. The van der Waals surface area contributed by atoms with Crippen molar-refractivity contribution in [3.05, 3.63) is 48.1 Å². The lowest BCUT2D eigenvalue weighted by Crippen LogP contribution is -2.03. The summed E-state index contributed by atoms with van der Waals surface area (Å²) in [5.74, 6) is -0.0939. The van der Waals surface area contributed by atoms with Crippen LogP contribution in [0.5, 0.6) is 0 Å². The number of ether oxygens (including phenoxy) is 1. The van der Waals surface area contributed by atoms with Crippen LogP contribution in [0.3, 0.4) is 0 Å². The molecule has 0 aromatic rings. The van der Waals surface area contributed by atoms with Gasteiger partial charge in [-0.05, 0) is 77.2 Å². The molecule has 224 valence electrons. The van der Waals surface area contributed by atoms with Crippen LogP contribution in [0.2, 0.25) is 0 Å². The third kappa shape index (κ3) is 24.0. The van der Waals surface area contributed by atoms with Crippen molar-refractivity contribution < 1.29 is 9.53 Å². The van der Waals surface area contributed by atoms with Crippen LogP contribution >= 0.6 is 0 Å². The predicted molar refractivity (Wildman–Crippen MR) is 172 cm³/mol. The van der Waals surface area contributed by atoms with E-state index in [2.05, 4.69) is 43.4 Å². The highest BCUT2D eigenvalue weighted by Crippen LogP contribution is 2.20. The molecule has 0 bridgehead atoms. The van der Waals surface area contributed by atoms with Gasteiger partial charge in [-0.2, -0.15) is 0 Å². The highest BCUT2D eigenvalue weighted by molar-refractivity contribution is 5.90. The average Bonchev–Trinajstić information content (AvgIpc) is 3.26. The maximum absolute atomic E-state index is 11.6. The van der Waals surface area contributed by atoms with Gasteiger partial charge in [0.25, 0.3) is 0 Å². The van der Waals surface area contributed by atoms with E-state index >= 15 is 0 Å². The van der Waals surface area contributed by atoms with Crippen LogP contribution in [0.25, 0.3) is 0 Å². The molecule has 2 heteroatoms. The molecule has 0 amide bonds. The zero-order chi connectivity index (χ0) is 28.1. The normalized spacial score (nSPS) is 15.8. The summed E-state index contributed by atoms with van der Waals surface area (Å²) in [5, 5.41) is 0. The lowest BCUT2D eigenvalue weighted by Gasteiger charge is -2.03. The monoisotopic (exact) mass is 540 g/mol. The molecule has 39 heavy (non-hydrogen) atoms. The smallest absolute Gasteiger partial charge is 0.334 e. The van der Waals surface area contributed by atoms with Gasteiger partial charge in [-0.3, -0.25) is 0 Å². The summed E-state index contributed by atoms with van der Waals surface area (Å²) in [6, 6.07) is 0. The zero-order valence-corrected chi connectivity index (χ0v) is 26.1. The first-order valence-electron chi connectivity index (χ1n) is 17.1. The molecule has 0 radical (unpaired) electrons. The molecular weight excluding hydrogens is 476 g/mol. The molecular formula is C37H64O2. The molecule has 1 aliphatic heterocycles. The Balaban J connectivity index is 1.74.